The molecule has 5 fully saturated rings. The van der Waals surface area contributed by atoms with E-state index < -0.39 is 0 Å². The molecular weight excluding hydrogens is 354 g/mol. The van der Waals surface area contributed by atoms with Crippen LogP contribution in [0.5, 0.6) is 0 Å². The van der Waals surface area contributed by atoms with Gasteiger partial charge in [0.1, 0.15) is 11.9 Å². The molecule has 0 aromatic heterocycles. The number of hydrogen-bond donors (Lipinski definition) is 2. The molecule has 5 aliphatic rings. The van der Waals surface area contributed by atoms with Gasteiger partial charge in [-0.1, -0.05) is 19.0 Å². The van der Waals surface area contributed by atoms with Crippen molar-refractivity contribution < 1.29 is 14.4 Å². The molecule has 2 aliphatic heterocycles. The summed E-state index contributed by atoms with van der Waals surface area (Å²) in [5.74, 6) is 1.18. The molecule has 1 amide bonds. The highest BCUT2D eigenvalue weighted by atomic mass is 16.6. The van der Waals surface area contributed by atoms with Crippen LogP contribution in [0.4, 0.5) is 0 Å². The van der Waals surface area contributed by atoms with E-state index in [1.54, 1.807) is 0 Å². The molecule has 2 N–H and O–H groups in total. The second kappa shape index (κ2) is 6.54. The van der Waals surface area contributed by atoms with Gasteiger partial charge in [-0.3, -0.25) is 9.59 Å². The van der Waals surface area contributed by atoms with Crippen molar-refractivity contribution in [1.29, 1.82) is 0 Å². The Balaban J connectivity index is 1.35. The maximum atomic E-state index is 13.2. The fourth-order valence-corrected chi connectivity index (χ4v) is 7.06. The number of ketones is 1. The van der Waals surface area contributed by atoms with Crippen molar-refractivity contribution in [2.45, 2.75) is 77.4 Å². The molecule has 5 rings (SSSR count). The average Bonchev–Trinajstić information content (AvgIpc) is 3.29. The van der Waals surface area contributed by atoms with Crippen LogP contribution in [0.3, 0.4) is 0 Å². The maximum absolute atomic E-state index is 13.2. The Morgan fingerprint density at radius 3 is 2.71 bits per heavy atom. The van der Waals surface area contributed by atoms with Crippen LogP contribution in [-0.2, 0) is 14.4 Å². The summed E-state index contributed by atoms with van der Waals surface area (Å²) in [7, 11) is 0. The van der Waals surface area contributed by atoms with Gasteiger partial charge < -0.3 is 15.5 Å². The van der Waals surface area contributed by atoms with Gasteiger partial charge in [0.2, 0.25) is 5.91 Å². The predicted molar refractivity (Wildman–Crippen MR) is 106 cm³/mol. The van der Waals surface area contributed by atoms with Gasteiger partial charge >= 0.3 is 0 Å². The predicted octanol–water partition coefficient (Wildman–Crippen LogP) is 2.42. The molecule has 28 heavy (non-hydrogen) atoms. The minimum absolute atomic E-state index is 0.00533. The number of fused-ring (bicyclic) bond motifs is 5. The number of nitrogens with zero attached hydrogens (tertiary/aromatic N) is 1. The van der Waals surface area contributed by atoms with E-state index in [2.05, 4.69) is 29.6 Å². The molecule has 2 saturated heterocycles. The van der Waals surface area contributed by atoms with Gasteiger partial charge in [-0.2, -0.15) is 0 Å². The van der Waals surface area contributed by atoms with Gasteiger partial charge in [-0.15, -0.1) is 0 Å². The summed E-state index contributed by atoms with van der Waals surface area (Å²) in [4.78, 5) is 31.5. The van der Waals surface area contributed by atoms with Crippen molar-refractivity contribution in [3.05, 3.63) is 0 Å². The zero-order chi connectivity index (χ0) is 19.5. The number of Topliss-reactive ketones (excluding diaryl/α,β-unsaturated/α-hetero) is 1. The smallest absolute Gasteiger partial charge is 0.223 e. The standard InChI is InChI=1S/C22H33N3O3/c1-21-8-5-13(25-28-14-7-10-23-12-14)11-17(21)24-20(27)19-15-3-4-18(26)22(15,2)9-6-16(19)21/h14-17,19,23H,3-12H2,1-2H3,(H,24,27)/t14-,15+,16+,17?,19+,21-,22+/m1/s1. The third kappa shape index (κ3) is 2.66. The number of amides is 1. The molecule has 6 nitrogen and oxygen atoms in total. The van der Waals surface area contributed by atoms with Gasteiger partial charge in [0.15, 0.2) is 0 Å². The van der Waals surface area contributed by atoms with Gasteiger partial charge in [0.25, 0.3) is 0 Å². The lowest BCUT2D eigenvalue weighted by Crippen LogP contribution is -2.65. The van der Waals surface area contributed by atoms with E-state index in [1.807, 2.05) is 0 Å². The molecule has 6 heteroatoms. The molecule has 3 saturated carbocycles. The molecule has 3 aliphatic carbocycles. The normalized spacial score (nSPS) is 49.4. The van der Waals surface area contributed by atoms with Crippen molar-refractivity contribution >= 4 is 17.4 Å². The molecular formula is C22H33N3O3. The molecule has 7 atom stereocenters. The number of rotatable bonds is 2. The lowest BCUT2D eigenvalue weighted by Gasteiger charge is -2.58. The number of piperidine rings is 1. The third-order valence-electron chi connectivity index (χ3n) is 8.98. The van der Waals surface area contributed by atoms with Crippen LogP contribution in [0.2, 0.25) is 0 Å². The van der Waals surface area contributed by atoms with Crippen LogP contribution in [0.25, 0.3) is 0 Å². The van der Waals surface area contributed by atoms with Crippen LogP contribution in [-0.4, -0.2) is 42.6 Å². The summed E-state index contributed by atoms with van der Waals surface area (Å²) in [5.41, 5.74) is 0.913. The van der Waals surface area contributed by atoms with Crippen LogP contribution in [0.15, 0.2) is 5.16 Å². The van der Waals surface area contributed by atoms with E-state index in [0.717, 1.165) is 63.7 Å². The minimum Gasteiger partial charge on any atom is -0.391 e. The number of oxime groups is 1. The van der Waals surface area contributed by atoms with Gasteiger partial charge in [0.05, 0.1) is 5.71 Å². The summed E-state index contributed by atoms with van der Waals surface area (Å²) in [5, 5.41) is 11.1. The maximum Gasteiger partial charge on any atom is 0.223 e. The van der Waals surface area contributed by atoms with Crippen molar-refractivity contribution in [1.82, 2.24) is 10.6 Å². The second-order valence-electron chi connectivity index (χ2n) is 10.3. The topological polar surface area (TPSA) is 79.8 Å². The van der Waals surface area contributed by atoms with Crippen molar-refractivity contribution in [3.63, 3.8) is 0 Å². The fourth-order valence-electron chi connectivity index (χ4n) is 7.06. The van der Waals surface area contributed by atoms with E-state index in [9.17, 15) is 9.59 Å². The first-order chi connectivity index (χ1) is 13.4. The van der Waals surface area contributed by atoms with Gasteiger partial charge in [-0.25, -0.2) is 0 Å². The van der Waals surface area contributed by atoms with Gasteiger partial charge in [-0.05, 0) is 55.9 Å². The zero-order valence-corrected chi connectivity index (χ0v) is 17.1. The second-order valence-corrected chi connectivity index (χ2v) is 10.3. The SMILES string of the molecule is C[C@]12CCC(=NO[C@@H]3CCNC3)CC1NC(=O)[C@@H]1[C@@H]2CC[C@]2(C)C(=O)CC[C@@H]12. The number of hydrogen-bond acceptors (Lipinski definition) is 5. The Morgan fingerprint density at radius 2 is 1.93 bits per heavy atom. The number of carbonyl (C=O) groups is 2. The Labute approximate surface area is 167 Å². The number of nitrogens with one attached hydrogen (secondary N) is 2. The molecule has 0 aromatic rings. The summed E-state index contributed by atoms with van der Waals surface area (Å²) < 4.78 is 0. The van der Waals surface area contributed by atoms with Crippen molar-refractivity contribution in [3.8, 4) is 0 Å². The Hall–Kier alpha value is -1.43. The summed E-state index contributed by atoms with van der Waals surface area (Å²) in [6.45, 7) is 6.35. The molecule has 0 radical (unpaired) electrons. The Kier molecular flexibility index (Phi) is 4.34. The quantitative estimate of drug-likeness (QED) is 0.713. The minimum atomic E-state index is -0.272. The highest BCUT2D eigenvalue weighted by Gasteiger charge is 2.62. The van der Waals surface area contributed by atoms with Crippen molar-refractivity contribution in [2.24, 2.45) is 33.7 Å². The Bertz CT molecular complexity index is 716. The molecule has 0 aromatic carbocycles. The van der Waals surface area contributed by atoms with E-state index in [-0.39, 0.29) is 40.7 Å². The van der Waals surface area contributed by atoms with Crippen LogP contribution in [0, 0.1) is 28.6 Å². The van der Waals surface area contributed by atoms with Crippen LogP contribution in [0.1, 0.15) is 65.2 Å². The van der Waals surface area contributed by atoms with Crippen molar-refractivity contribution in [2.75, 3.05) is 13.1 Å². The van der Waals surface area contributed by atoms with E-state index in [0.29, 0.717) is 18.1 Å². The Morgan fingerprint density at radius 1 is 1.07 bits per heavy atom. The van der Waals surface area contributed by atoms with E-state index >= 15 is 0 Å². The molecule has 0 spiro atoms. The monoisotopic (exact) mass is 387 g/mol. The summed E-state index contributed by atoms with van der Waals surface area (Å²) in [6.07, 6.45) is 7.48. The first-order valence-corrected chi connectivity index (χ1v) is 11.2. The molecule has 1 unspecified atom stereocenters. The van der Waals surface area contributed by atoms with Crippen LogP contribution < -0.4 is 10.6 Å². The summed E-state index contributed by atoms with van der Waals surface area (Å²) >= 11 is 0. The number of carbonyl (C=O) groups excluding carboxylic acids is 2. The van der Waals surface area contributed by atoms with E-state index in [4.69, 9.17) is 4.84 Å². The molecule has 154 valence electrons. The first-order valence-electron chi connectivity index (χ1n) is 11.2. The van der Waals surface area contributed by atoms with Gasteiger partial charge in [0, 0.05) is 43.2 Å². The lowest BCUT2D eigenvalue weighted by atomic mass is 9.49. The lowest BCUT2D eigenvalue weighted by molar-refractivity contribution is -0.153. The highest BCUT2D eigenvalue weighted by molar-refractivity contribution is 5.91. The average molecular weight is 388 g/mol. The highest BCUT2D eigenvalue weighted by Crippen LogP contribution is 2.61. The largest absolute Gasteiger partial charge is 0.391 e. The molecule has 0 bridgehead atoms. The van der Waals surface area contributed by atoms with E-state index in [1.165, 1.54) is 0 Å². The molecule has 2 heterocycles. The van der Waals surface area contributed by atoms with Crippen LogP contribution >= 0.6 is 0 Å². The summed E-state index contributed by atoms with van der Waals surface area (Å²) in [6, 6.07) is 0.139. The third-order valence-corrected chi connectivity index (χ3v) is 8.98. The fraction of sp³-hybridized carbons (Fsp3) is 0.864. The zero-order valence-electron chi connectivity index (χ0n) is 17.1. The first kappa shape index (κ1) is 18.6.